The van der Waals surface area contributed by atoms with Crippen LogP contribution in [-0.4, -0.2) is 81.7 Å². The van der Waals surface area contributed by atoms with Gasteiger partial charge < -0.3 is 4.74 Å². The fourth-order valence-electron chi connectivity index (χ4n) is 3.18. The Bertz CT molecular complexity index is 370. The van der Waals surface area contributed by atoms with Crippen LogP contribution in [0, 0.1) is 0 Å². The Kier molecular flexibility index (Phi) is 4.64. The number of fused-ring (bicyclic) bond motifs is 1. The van der Waals surface area contributed by atoms with Gasteiger partial charge in [-0.05, 0) is 13.0 Å². The number of piperazine rings is 1. The van der Waals surface area contributed by atoms with Crippen LogP contribution in [-0.2, 0) is 14.6 Å². The van der Waals surface area contributed by atoms with Gasteiger partial charge in [0.15, 0.2) is 9.84 Å². The first-order chi connectivity index (χ1) is 8.57. The quantitative estimate of drug-likeness (QED) is 0.652. The smallest absolute Gasteiger partial charge is 0.153 e. The maximum atomic E-state index is 11.9. The largest absolute Gasteiger partial charge is 0.385 e. The summed E-state index contributed by atoms with van der Waals surface area (Å²) in [5, 5.41) is 0. The standard InChI is InChI=1S/C12H24N2O3S/c1-3-13-6-7-14(5-4-8-17-2)12-10-18(15,16)9-11(12)13/h11-12H,3-10H2,1-2H3/t11-,12+/m0/s1. The molecule has 0 aliphatic carbocycles. The number of hydrogen-bond donors (Lipinski definition) is 0. The molecule has 5 nitrogen and oxygen atoms in total. The van der Waals surface area contributed by atoms with E-state index in [1.54, 1.807) is 7.11 Å². The molecule has 0 radical (unpaired) electrons. The average molecular weight is 276 g/mol. The Morgan fingerprint density at radius 1 is 1.17 bits per heavy atom. The van der Waals surface area contributed by atoms with Gasteiger partial charge in [-0.15, -0.1) is 0 Å². The minimum atomic E-state index is -2.85. The lowest BCUT2D eigenvalue weighted by Crippen LogP contribution is -2.59. The van der Waals surface area contributed by atoms with Crippen molar-refractivity contribution in [2.75, 3.05) is 51.4 Å². The minimum absolute atomic E-state index is 0.195. The van der Waals surface area contributed by atoms with Gasteiger partial charge in [0, 0.05) is 45.4 Å². The molecule has 2 saturated heterocycles. The first-order valence-electron chi connectivity index (χ1n) is 6.75. The highest BCUT2D eigenvalue weighted by Gasteiger charge is 2.45. The lowest BCUT2D eigenvalue weighted by Gasteiger charge is -2.43. The zero-order chi connectivity index (χ0) is 13.2. The summed E-state index contributed by atoms with van der Waals surface area (Å²) in [5.41, 5.74) is 0. The van der Waals surface area contributed by atoms with Crippen LogP contribution in [0.4, 0.5) is 0 Å². The molecule has 0 amide bonds. The molecular formula is C12H24N2O3S. The Labute approximate surface area is 110 Å². The highest BCUT2D eigenvalue weighted by Crippen LogP contribution is 2.26. The molecule has 0 aromatic rings. The number of methoxy groups -OCH3 is 1. The summed E-state index contributed by atoms with van der Waals surface area (Å²) in [6.45, 7) is 6.72. The second kappa shape index (κ2) is 5.86. The number of nitrogens with zero attached hydrogens (tertiary/aromatic N) is 2. The highest BCUT2D eigenvalue weighted by molar-refractivity contribution is 7.91. The molecule has 2 heterocycles. The van der Waals surface area contributed by atoms with Crippen molar-refractivity contribution < 1.29 is 13.2 Å². The molecule has 0 aromatic carbocycles. The summed E-state index contributed by atoms with van der Waals surface area (Å²) < 4.78 is 28.8. The third kappa shape index (κ3) is 3.04. The third-order valence-electron chi connectivity index (χ3n) is 4.11. The molecular weight excluding hydrogens is 252 g/mol. The van der Waals surface area contributed by atoms with Crippen molar-refractivity contribution in [2.45, 2.75) is 25.4 Å². The average Bonchev–Trinajstić information content (AvgIpc) is 2.65. The molecule has 0 spiro atoms. The van der Waals surface area contributed by atoms with Gasteiger partial charge in [-0.25, -0.2) is 8.42 Å². The normalized spacial score (nSPS) is 32.6. The summed E-state index contributed by atoms with van der Waals surface area (Å²) in [4.78, 5) is 4.67. The summed E-state index contributed by atoms with van der Waals surface area (Å²) in [6.07, 6.45) is 0.978. The van der Waals surface area contributed by atoms with Crippen LogP contribution in [0.2, 0.25) is 0 Å². The van der Waals surface area contributed by atoms with Crippen molar-refractivity contribution in [3.8, 4) is 0 Å². The summed E-state index contributed by atoms with van der Waals surface area (Å²) in [7, 11) is -1.14. The van der Waals surface area contributed by atoms with Crippen LogP contribution in [0.3, 0.4) is 0 Å². The van der Waals surface area contributed by atoms with Crippen LogP contribution in [0.5, 0.6) is 0 Å². The van der Waals surface area contributed by atoms with Gasteiger partial charge in [-0.3, -0.25) is 9.80 Å². The lowest BCUT2D eigenvalue weighted by atomic mass is 10.0. The van der Waals surface area contributed by atoms with Crippen LogP contribution in [0.25, 0.3) is 0 Å². The van der Waals surface area contributed by atoms with E-state index in [1.807, 2.05) is 0 Å². The van der Waals surface area contributed by atoms with E-state index in [-0.39, 0.29) is 12.1 Å². The molecule has 6 heteroatoms. The van der Waals surface area contributed by atoms with Crippen LogP contribution in [0.1, 0.15) is 13.3 Å². The molecule has 0 bridgehead atoms. The van der Waals surface area contributed by atoms with Gasteiger partial charge in [-0.2, -0.15) is 0 Å². The van der Waals surface area contributed by atoms with Crippen LogP contribution >= 0.6 is 0 Å². The molecule has 2 fully saturated rings. The van der Waals surface area contributed by atoms with E-state index in [0.717, 1.165) is 39.2 Å². The zero-order valence-electron chi connectivity index (χ0n) is 11.3. The SMILES string of the molecule is CCN1CCN(CCCOC)[C@@H]2CS(=O)(=O)C[C@@H]21. The molecule has 2 rings (SSSR count). The number of ether oxygens (including phenoxy) is 1. The minimum Gasteiger partial charge on any atom is -0.385 e. The fraction of sp³-hybridized carbons (Fsp3) is 1.00. The van der Waals surface area contributed by atoms with E-state index in [0.29, 0.717) is 11.5 Å². The molecule has 0 saturated carbocycles. The maximum absolute atomic E-state index is 11.9. The van der Waals surface area contributed by atoms with E-state index in [2.05, 4.69) is 16.7 Å². The van der Waals surface area contributed by atoms with Crippen LogP contribution < -0.4 is 0 Å². The van der Waals surface area contributed by atoms with E-state index in [4.69, 9.17) is 4.74 Å². The highest BCUT2D eigenvalue weighted by atomic mass is 32.2. The summed E-state index contributed by atoms with van der Waals surface area (Å²) >= 11 is 0. The number of likely N-dealkylation sites (N-methyl/N-ethyl adjacent to an activating group) is 1. The lowest BCUT2D eigenvalue weighted by molar-refractivity contribution is 0.0432. The van der Waals surface area contributed by atoms with Gasteiger partial charge in [0.25, 0.3) is 0 Å². The van der Waals surface area contributed by atoms with Crippen molar-refractivity contribution in [1.29, 1.82) is 0 Å². The van der Waals surface area contributed by atoms with Crippen molar-refractivity contribution in [3.63, 3.8) is 0 Å². The van der Waals surface area contributed by atoms with Crippen molar-refractivity contribution in [2.24, 2.45) is 0 Å². The molecule has 0 N–H and O–H groups in total. The molecule has 106 valence electrons. The first kappa shape index (κ1) is 14.2. The van der Waals surface area contributed by atoms with Gasteiger partial charge in [0.2, 0.25) is 0 Å². The second-order valence-corrected chi connectivity index (χ2v) is 7.38. The van der Waals surface area contributed by atoms with Gasteiger partial charge >= 0.3 is 0 Å². The Morgan fingerprint density at radius 2 is 1.78 bits per heavy atom. The van der Waals surface area contributed by atoms with E-state index in [9.17, 15) is 8.42 Å². The Balaban J connectivity index is 2.02. The van der Waals surface area contributed by atoms with Gasteiger partial charge in [-0.1, -0.05) is 6.92 Å². The topological polar surface area (TPSA) is 49.9 Å². The predicted octanol–water partition coefficient (Wildman–Crippen LogP) is -0.174. The number of sulfone groups is 1. The molecule has 0 unspecified atom stereocenters. The third-order valence-corrected chi connectivity index (χ3v) is 5.80. The predicted molar refractivity (Wildman–Crippen MR) is 71.5 cm³/mol. The second-order valence-electron chi connectivity index (χ2n) is 5.22. The Hall–Kier alpha value is -0.170. The fourth-order valence-corrected chi connectivity index (χ4v) is 5.22. The van der Waals surface area contributed by atoms with E-state index >= 15 is 0 Å². The van der Waals surface area contributed by atoms with E-state index in [1.165, 1.54) is 0 Å². The monoisotopic (exact) mass is 276 g/mol. The summed E-state index contributed by atoms with van der Waals surface area (Å²) in [5.74, 6) is 0.674. The van der Waals surface area contributed by atoms with Crippen molar-refractivity contribution in [1.82, 2.24) is 9.80 Å². The Morgan fingerprint density at radius 3 is 2.39 bits per heavy atom. The maximum Gasteiger partial charge on any atom is 0.153 e. The number of rotatable bonds is 5. The van der Waals surface area contributed by atoms with Crippen LogP contribution in [0.15, 0.2) is 0 Å². The molecule has 2 atom stereocenters. The molecule has 0 aromatic heterocycles. The van der Waals surface area contributed by atoms with Gasteiger partial charge in [0.1, 0.15) is 0 Å². The zero-order valence-corrected chi connectivity index (χ0v) is 12.2. The molecule has 2 aliphatic rings. The molecule has 2 aliphatic heterocycles. The molecule has 18 heavy (non-hydrogen) atoms. The number of hydrogen-bond acceptors (Lipinski definition) is 5. The first-order valence-corrected chi connectivity index (χ1v) is 8.57. The van der Waals surface area contributed by atoms with Gasteiger partial charge in [0.05, 0.1) is 11.5 Å². The van der Waals surface area contributed by atoms with Crippen molar-refractivity contribution >= 4 is 9.84 Å². The van der Waals surface area contributed by atoms with Crippen molar-refractivity contribution in [3.05, 3.63) is 0 Å². The van der Waals surface area contributed by atoms with E-state index < -0.39 is 9.84 Å². The summed E-state index contributed by atoms with van der Waals surface area (Å²) in [6, 6.07) is 0.400.